The monoisotopic (exact) mass is 232 g/mol. The Morgan fingerprint density at radius 1 is 1.41 bits per heavy atom. The van der Waals surface area contributed by atoms with Crippen LogP contribution in [0, 0.1) is 0 Å². The fourth-order valence-corrected chi connectivity index (χ4v) is 2.20. The Bertz CT molecular complexity index is 489. The number of fused-ring (bicyclic) bond motifs is 1. The van der Waals surface area contributed by atoms with Crippen molar-refractivity contribution in [2.24, 2.45) is 0 Å². The second-order valence-corrected chi connectivity index (χ2v) is 4.53. The van der Waals surface area contributed by atoms with Crippen LogP contribution in [0.15, 0.2) is 18.3 Å². The largest absolute Gasteiger partial charge is 0.369 e. The van der Waals surface area contributed by atoms with Crippen LogP contribution in [0.2, 0.25) is 0 Å². The highest BCUT2D eigenvalue weighted by Gasteiger charge is 2.14. The van der Waals surface area contributed by atoms with Gasteiger partial charge in [-0.3, -0.25) is 4.57 Å². The molecule has 17 heavy (non-hydrogen) atoms. The molecule has 92 valence electrons. The number of nitrogens with two attached hydrogens (primary N) is 1. The zero-order valence-electron chi connectivity index (χ0n) is 10.6. The number of unbranched alkanes of at least 4 members (excludes halogenated alkanes) is 2. The number of hydrogen-bond donors (Lipinski definition) is 1. The SMILES string of the molecule is CCCCCC(C)n1c(N)nc2cccnc21. The quantitative estimate of drug-likeness (QED) is 0.806. The van der Waals surface area contributed by atoms with Crippen LogP contribution >= 0.6 is 0 Å². The third kappa shape index (κ3) is 2.40. The molecule has 0 aliphatic heterocycles. The Morgan fingerprint density at radius 2 is 2.24 bits per heavy atom. The Morgan fingerprint density at radius 3 is 3.00 bits per heavy atom. The van der Waals surface area contributed by atoms with Crippen LogP contribution in [0.1, 0.15) is 45.6 Å². The van der Waals surface area contributed by atoms with Crippen LogP contribution < -0.4 is 5.73 Å². The van der Waals surface area contributed by atoms with E-state index in [0.29, 0.717) is 12.0 Å². The van der Waals surface area contributed by atoms with Crippen molar-refractivity contribution in [3.05, 3.63) is 18.3 Å². The predicted molar refractivity (Wildman–Crippen MR) is 70.8 cm³/mol. The van der Waals surface area contributed by atoms with Gasteiger partial charge in [0.05, 0.1) is 0 Å². The van der Waals surface area contributed by atoms with Crippen molar-refractivity contribution in [2.45, 2.75) is 45.6 Å². The summed E-state index contributed by atoms with van der Waals surface area (Å²) in [4.78, 5) is 8.71. The van der Waals surface area contributed by atoms with Gasteiger partial charge in [-0.25, -0.2) is 9.97 Å². The average molecular weight is 232 g/mol. The number of hydrogen-bond acceptors (Lipinski definition) is 3. The number of nitrogen functional groups attached to an aromatic ring is 1. The van der Waals surface area contributed by atoms with Gasteiger partial charge in [0.1, 0.15) is 5.52 Å². The van der Waals surface area contributed by atoms with Gasteiger partial charge in [0, 0.05) is 12.2 Å². The highest BCUT2D eigenvalue weighted by Crippen LogP contribution is 2.24. The van der Waals surface area contributed by atoms with Gasteiger partial charge in [0.2, 0.25) is 5.95 Å². The molecular weight excluding hydrogens is 212 g/mol. The van der Waals surface area contributed by atoms with E-state index < -0.39 is 0 Å². The third-order valence-corrected chi connectivity index (χ3v) is 3.14. The van der Waals surface area contributed by atoms with E-state index in [-0.39, 0.29) is 0 Å². The lowest BCUT2D eigenvalue weighted by molar-refractivity contribution is 0.490. The molecule has 2 rings (SSSR count). The predicted octanol–water partition coefficient (Wildman–Crippen LogP) is 3.15. The summed E-state index contributed by atoms with van der Waals surface area (Å²) in [6, 6.07) is 4.20. The molecule has 0 spiro atoms. The number of nitrogens with zero attached hydrogens (tertiary/aromatic N) is 3. The molecule has 0 amide bonds. The van der Waals surface area contributed by atoms with Gasteiger partial charge in [-0.1, -0.05) is 26.2 Å². The molecule has 2 aromatic heterocycles. The summed E-state index contributed by atoms with van der Waals surface area (Å²) in [5.74, 6) is 0.572. The smallest absolute Gasteiger partial charge is 0.202 e. The van der Waals surface area contributed by atoms with Crippen molar-refractivity contribution in [3.8, 4) is 0 Å². The summed E-state index contributed by atoms with van der Waals surface area (Å²) < 4.78 is 2.05. The van der Waals surface area contributed by atoms with Gasteiger partial charge in [-0.15, -0.1) is 0 Å². The first-order valence-electron chi connectivity index (χ1n) is 6.32. The minimum absolute atomic E-state index is 0.362. The molecule has 1 atom stereocenters. The Kier molecular flexibility index (Phi) is 3.61. The van der Waals surface area contributed by atoms with Gasteiger partial charge in [0.15, 0.2) is 5.65 Å². The van der Waals surface area contributed by atoms with Gasteiger partial charge in [-0.05, 0) is 25.5 Å². The molecule has 2 aromatic rings. The van der Waals surface area contributed by atoms with Crippen LogP contribution in [0.25, 0.3) is 11.2 Å². The van der Waals surface area contributed by atoms with Crippen molar-refractivity contribution in [1.82, 2.24) is 14.5 Å². The van der Waals surface area contributed by atoms with Gasteiger partial charge >= 0.3 is 0 Å². The third-order valence-electron chi connectivity index (χ3n) is 3.14. The normalized spacial score (nSPS) is 13.1. The average Bonchev–Trinajstić information content (AvgIpc) is 2.65. The van der Waals surface area contributed by atoms with E-state index in [4.69, 9.17) is 5.73 Å². The zero-order valence-corrected chi connectivity index (χ0v) is 10.6. The summed E-state index contributed by atoms with van der Waals surface area (Å²) >= 11 is 0. The number of aromatic nitrogens is 3. The van der Waals surface area contributed by atoms with Crippen LogP contribution in [0.4, 0.5) is 5.95 Å². The van der Waals surface area contributed by atoms with Crippen LogP contribution in [0.5, 0.6) is 0 Å². The van der Waals surface area contributed by atoms with E-state index >= 15 is 0 Å². The molecule has 0 saturated heterocycles. The molecule has 0 fully saturated rings. The fourth-order valence-electron chi connectivity index (χ4n) is 2.20. The minimum Gasteiger partial charge on any atom is -0.369 e. The first-order valence-corrected chi connectivity index (χ1v) is 6.32. The van der Waals surface area contributed by atoms with E-state index in [1.807, 2.05) is 16.7 Å². The summed E-state index contributed by atoms with van der Waals surface area (Å²) in [6.45, 7) is 4.40. The minimum atomic E-state index is 0.362. The molecule has 1 unspecified atom stereocenters. The lowest BCUT2D eigenvalue weighted by atomic mass is 10.1. The fraction of sp³-hybridized carbons (Fsp3) is 0.538. The molecule has 0 aromatic carbocycles. The van der Waals surface area contributed by atoms with Crippen molar-refractivity contribution in [3.63, 3.8) is 0 Å². The second kappa shape index (κ2) is 5.17. The van der Waals surface area contributed by atoms with Crippen LogP contribution in [0.3, 0.4) is 0 Å². The lowest BCUT2D eigenvalue weighted by Gasteiger charge is -2.14. The maximum atomic E-state index is 5.97. The number of anilines is 1. The molecule has 4 nitrogen and oxygen atoms in total. The Labute approximate surface area is 102 Å². The van der Waals surface area contributed by atoms with Crippen molar-refractivity contribution >= 4 is 17.1 Å². The van der Waals surface area contributed by atoms with Gasteiger partial charge in [-0.2, -0.15) is 0 Å². The van der Waals surface area contributed by atoms with E-state index in [0.717, 1.165) is 17.6 Å². The van der Waals surface area contributed by atoms with Crippen molar-refractivity contribution in [1.29, 1.82) is 0 Å². The van der Waals surface area contributed by atoms with Crippen LogP contribution in [-0.2, 0) is 0 Å². The number of imidazole rings is 1. The summed E-state index contributed by atoms with van der Waals surface area (Å²) in [7, 11) is 0. The second-order valence-electron chi connectivity index (χ2n) is 4.53. The molecule has 0 saturated carbocycles. The summed E-state index contributed by atoms with van der Waals surface area (Å²) in [5, 5.41) is 0. The van der Waals surface area contributed by atoms with E-state index in [1.54, 1.807) is 6.20 Å². The molecule has 0 aliphatic carbocycles. The number of pyridine rings is 1. The first kappa shape index (κ1) is 11.9. The Balaban J connectivity index is 2.24. The molecule has 2 N–H and O–H groups in total. The molecular formula is C13H20N4. The highest BCUT2D eigenvalue weighted by atomic mass is 15.2. The molecule has 2 heterocycles. The topological polar surface area (TPSA) is 56.7 Å². The molecule has 0 bridgehead atoms. The first-order chi connectivity index (χ1) is 8.24. The Hall–Kier alpha value is -1.58. The molecule has 4 heteroatoms. The summed E-state index contributed by atoms with van der Waals surface area (Å²) in [6.07, 6.45) is 6.65. The molecule has 0 aliphatic rings. The van der Waals surface area contributed by atoms with Gasteiger partial charge < -0.3 is 5.73 Å². The van der Waals surface area contributed by atoms with E-state index in [2.05, 4.69) is 23.8 Å². The number of rotatable bonds is 5. The van der Waals surface area contributed by atoms with Crippen LogP contribution in [-0.4, -0.2) is 14.5 Å². The molecule has 0 radical (unpaired) electrons. The highest BCUT2D eigenvalue weighted by molar-refractivity contribution is 5.73. The maximum absolute atomic E-state index is 5.97. The van der Waals surface area contributed by atoms with Crippen molar-refractivity contribution < 1.29 is 0 Å². The lowest BCUT2D eigenvalue weighted by Crippen LogP contribution is -2.09. The standard InChI is InChI=1S/C13H20N4/c1-3-4-5-7-10(2)17-12-11(16-13(17)14)8-6-9-15-12/h6,8-10H,3-5,7H2,1-2H3,(H2,14,16). The summed E-state index contributed by atoms with van der Waals surface area (Å²) in [5.41, 5.74) is 7.75. The van der Waals surface area contributed by atoms with E-state index in [1.165, 1.54) is 19.3 Å². The van der Waals surface area contributed by atoms with Gasteiger partial charge in [0.25, 0.3) is 0 Å². The van der Waals surface area contributed by atoms with E-state index in [9.17, 15) is 0 Å². The van der Waals surface area contributed by atoms with Crippen molar-refractivity contribution in [2.75, 3.05) is 5.73 Å². The zero-order chi connectivity index (χ0) is 12.3. The maximum Gasteiger partial charge on any atom is 0.202 e.